The molecule has 2 N–H and O–H groups in total. The summed E-state index contributed by atoms with van der Waals surface area (Å²) in [4.78, 5) is 14.8. The maximum Gasteiger partial charge on any atom is 0.235 e. The van der Waals surface area contributed by atoms with E-state index in [1.54, 1.807) is 0 Å². The fourth-order valence-electron chi connectivity index (χ4n) is 2.22. The van der Waals surface area contributed by atoms with Crippen LogP contribution in [0.3, 0.4) is 0 Å². The van der Waals surface area contributed by atoms with Gasteiger partial charge in [0.25, 0.3) is 0 Å². The summed E-state index contributed by atoms with van der Waals surface area (Å²) < 4.78 is 0.273. The number of hydrogen-bond acceptors (Lipinski definition) is 3. The zero-order valence-electron chi connectivity index (χ0n) is 10.5. The highest BCUT2D eigenvalue weighted by Gasteiger charge is 2.54. The van der Waals surface area contributed by atoms with Crippen LogP contribution in [0.4, 0.5) is 0 Å². The Kier molecular flexibility index (Phi) is 3.42. The van der Waals surface area contributed by atoms with E-state index in [-0.39, 0.29) is 10.7 Å². The first-order chi connectivity index (χ1) is 7.87. The maximum atomic E-state index is 12.4. The lowest BCUT2D eigenvalue weighted by Gasteiger charge is -2.26. The van der Waals surface area contributed by atoms with Crippen molar-refractivity contribution in [2.24, 2.45) is 11.1 Å². The molecule has 1 aliphatic heterocycles. The van der Waals surface area contributed by atoms with Crippen molar-refractivity contribution in [3.8, 4) is 0 Å². The second-order valence-electron chi connectivity index (χ2n) is 5.60. The minimum absolute atomic E-state index is 0.170. The van der Waals surface area contributed by atoms with E-state index in [9.17, 15) is 4.79 Å². The number of thiocarbonyl (C=S) groups is 1. The maximum absolute atomic E-state index is 12.4. The van der Waals surface area contributed by atoms with Crippen LogP contribution >= 0.6 is 24.0 Å². The monoisotopic (exact) mass is 272 g/mol. The molecule has 96 valence electrons. The van der Waals surface area contributed by atoms with Gasteiger partial charge in [-0.2, -0.15) is 11.8 Å². The third kappa shape index (κ3) is 2.60. The third-order valence-electron chi connectivity index (χ3n) is 3.76. The van der Waals surface area contributed by atoms with Crippen LogP contribution in [0.1, 0.15) is 33.1 Å². The average Bonchev–Trinajstić information content (AvgIpc) is 3.02. The largest absolute Gasteiger partial charge is 0.392 e. The molecule has 17 heavy (non-hydrogen) atoms. The fraction of sp³-hybridized carbons (Fsp3) is 0.833. The van der Waals surface area contributed by atoms with E-state index in [2.05, 4.69) is 13.8 Å². The molecule has 0 aromatic heterocycles. The van der Waals surface area contributed by atoms with Crippen LogP contribution in [-0.4, -0.2) is 39.4 Å². The van der Waals surface area contributed by atoms with Crippen LogP contribution in [0.15, 0.2) is 0 Å². The molecular formula is C12H20N2OS2. The highest BCUT2D eigenvalue weighted by Crippen LogP contribution is 2.48. The molecular weight excluding hydrogens is 252 g/mol. The van der Waals surface area contributed by atoms with Crippen LogP contribution in [0.5, 0.6) is 0 Å². The van der Waals surface area contributed by atoms with Gasteiger partial charge < -0.3 is 10.6 Å². The first-order valence-corrected chi connectivity index (χ1v) is 7.50. The SMILES string of the molecule is CC1(C)CCN(C(=O)C2(C(N)=S)CC2)CCS1. The second kappa shape index (κ2) is 4.43. The predicted molar refractivity (Wildman–Crippen MR) is 76.2 cm³/mol. The molecule has 0 radical (unpaired) electrons. The van der Waals surface area contributed by atoms with Crippen molar-refractivity contribution in [3.63, 3.8) is 0 Å². The first kappa shape index (κ1) is 13.1. The van der Waals surface area contributed by atoms with Crippen LogP contribution in [0.2, 0.25) is 0 Å². The molecule has 2 rings (SSSR count). The third-order valence-corrected chi connectivity index (χ3v) is 5.52. The van der Waals surface area contributed by atoms with Crippen molar-refractivity contribution >= 4 is 34.9 Å². The van der Waals surface area contributed by atoms with Gasteiger partial charge in [0.15, 0.2) is 0 Å². The number of carbonyl (C=O) groups is 1. The van der Waals surface area contributed by atoms with Crippen molar-refractivity contribution < 1.29 is 4.79 Å². The number of rotatable bonds is 2. The lowest BCUT2D eigenvalue weighted by atomic mass is 10.0. The van der Waals surface area contributed by atoms with Crippen molar-refractivity contribution in [2.45, 2.75) is 37.9 Å². The first-order valence-electron chi connectivity index (χ1n) is 6.11. The molecule has 1 aliphatic carbocycles. The quantitative estimate of drug-likeness (QED) is 0.779. The van der Waals surface area contributed by atoms with Crippen LogP contribution < -0.4 is 5.73 Å². The van der Waals surface area contributed by atoms with E-state index >= 15 is 0 Å². The van der Waals surface area contributed by atoms with Crippen LogP contribution in [-0.2, 0) is 4.79 Å². The van der Waals surface area contributed by atoms with Gasteiger partial charge in [-0.3, -0.25) is 4.79 Å². The standard InChI is InChI=1S/C12H20N2OS2/c1-11(2)5-6-14(7-8-17-11)10(15)12(3-4-12)9(13)16/h3-8H2,1-2H3,(H2,13,16). The predicted octanol–water partition coefficient (Wildman–Crippen LogP) is 1.80. The summed E-state index contributed by atoms with van der Waals surface area (Å²) in [6.07, 6.45) is 2.72. The highest BCUT2D eigenvalue weighted by molar-refractivity contribution is 8.00. The Morgan fingerprint density at radius 1 is 1.29 bits per heavy atom. The van der Waals surface area contributed by atoms with Crippen LogP contribution in [0, 0.1) is 5.41 Å². The van der Waals surface area contributed by atoms with Gasteiger partial charge in [0, 0.05) is 23.6 Å². The minimum Gasteiger partial charge on any atom is -0.392 e. The molecule has 3 nitrogen and oxygen atoms in total. The van der Waals surface area contributed by atoms with E-state index in [1.165, 1.54) is 0 Å². The highest BCUT2D eigenvalue weighted by atomic mass is 32.2. The normalized spacial score (nSPS) is 26.1. The van der Waals surface area contributed by atoms with E-state index in [0.717, 1.165) is 38.1 Å². The summed E-state index contributed by atoms with van der Waals surface area (Å²) >= 11 is 6.99. The summed E-state index contributed by atoms with van der Waals surface area (Å²) in [5.41, 5.74) is 5.23. The Bertz CT molecular complexity index is 350. The van der Waals surface area contributed by atoms with Crippen molar-refractivity contribution in [2.75, 3.05) is 18.8 Å². The van der Waals surface area contributed by atoms with Gasteiger partial charge in [-0.25, -0.2) is 0 Å². The Morgan fingerprint density at radius 3 is 2.47 bits per heavy atom. The summed E-state index contributed by atoms with van der Waals surface area (Å²) in [7, 11) is 0. The van der Waals surface area contributed by atoms with Gasteiger partial charge >= 0.3 is 0 Å². The molecule has 0 aromatic carbocycles. The summed E-state index contributed by atoms with van der Waals surface area (Å²) in [5, 5.41) is 0. The molecule has 1 saturated carbocycles. The van der Waals surface area contributed by atoms with E-state index in [4.69, 9.17) is 18.0 Å². The number of carbonyl (C=O) groups excluding carboxylic acids is 1. The zero-order valence-corrected chi connectivity index (χ0v) is 12.1. The van der Waals surface area contributed by atoms with Crippen molar-refractivity contribution in [3.05, 3.63) is 0 Å². The molecule has 2 aliphatic rings. The number of nitrogens with zero attached hydrogens (tertiary/aromatic N) is 1. The van der Waals surface area contributed by atoms with Gasteiger partial charge in [0.1, 0.15) is 0 Å². The Labute approximate surface area is 112 Å². The van der Waals surface area contributed by atoms with Gasteiger partial charge in [0.2, 0.25) is 5.91 Å². The lowest BCUT2D eigenvalue weighted by Crippen LogP contribution is -2.43. The summed E-state index contributed by atoms with van der Waals surface area (Å²) in [5.74, 6) is 1.18. The van der Waals surface area contributed by atoms with Crippen LogP contribution in [0.25, 0.3) is 0 Å². The van der Waals surface area contributed by atoms with Gasteiger partial charge in [-0.1, -0.05) is 26.1 Å². The molecule has 0 atom stereocenters. The zero-order chi connectivity index (χ0) is 12.7. The fourth-order valence-corrected chi connectivity index (χ4v) is 3.61. The Morgan fingerprint density at radius 2 is 1.94 bits per heavy atom. The summed E-state index contributed by atoms with van der Waals surface area (Å²) in [6.45, 7) is 6.15. The molecule has 0 bridgehead atoms. The van der Waals surface area contributed by atoms with Gasteiger partial charge in [0.05, 0.1) is 10.4 Å². The smallest absolute Gasteiger partial charge is 0.235 e. The van der Waals surface area contributed by atoms with Crippen molar-refractivity contribution in [1.82, 2.24) is 4.90 Å². The lowest BCUT2D eigenvalue weighted by molar-refractivity contribution is -0.134. The van der Waals surface area contributed by atoms with E-state index in [1.807, 2.05) is 16.7 Å². The molecule has 1 heterocycles. The second-order valence-corrected chi connectivity index (χ2v) is 7.84. The topological polar surface area (TPSA) is 46.3 Å². The summed E-state index contributed by atoms with van der Waals surface area (Å²) in [6, 6.07) is 0. The molecule has 0 aromatic rings. The number of hydrogen-bond donors (Lipinski definition) is 1. The van der Waals surface area contributed by atoms with Gasteiger partial charge in [-0.15, -0.1) is 0 Å². The molecule has 0 unspecified atom stereocenters. The molecule has 1 saturated heterocycles. The number of nitrogens with two attached hydrogens (primary N) is 1. The Hall–Kier alpha value is -0.290. The molecule has 2 fully saturated rings. The minimum atomic E-state index is -0.478. The average molecular weight is 272 g/mol. The van der Waals surface area contributed by atoms with Crippen molar-refractivity contribution in [1.29, 1.82) is 0 Å². The molecule has 0 spiro atoms. The van der Waals surface area contributed by atoms with E-state index < -0.39 is 5.41 Å². The molecule has 5 heteroatoms. The number of thioether (sulfide) groups is 1. The molecule has 1 amide bonds. The Balaban J connectivity index is 2.04. The van der Waals surface area contributed by atoms with Gasteiger partial charge in [-0.05, 0) is 19.3 Å². The number of amides is 1. The van der Waals surface area contributed by atoms with E-state index in [0.29, 0.717) is 4.99 Å².